The lowest BCUT2D eigenvalue weighted by molar-refractivity contribution is -0.117. The van der Waals surface area contributed by atoms with Crippen LogP contribution in [0.4, 0.5) is 10.8 Å². The third-order valence-corrected chi connectivity index (χ3v) is 4.58. The van der Waals surface area contributed by atoms with E-state index in [9.17, 15) is 4.79 Å². The predicted molar refractivity (Wildman–Crippen MR) is 88.4 cm³/mol. The second-order valence-electron chi connectivity index (χ2n) is 5.32. The molecule has 1 N–H and O–H groups in total. The second kappa shape index (κ2) is 6.85. The van der Waals surface area contributed by atoms with Crippen molar-refractivity contribution in [1.29, 1.82) is 0 Å². The van der Waals surface area contributed by atoms with Crippen LogP contribution in [0.3, 0.4) is 0 Å². The van der Waals surface area contributed by atoms with E-state index in [0.29, 0.717) is 6.54 Å². The lowest BCUT2D eigenvalue weighted by Gasteiger charge is -2.34. The van der Waals surface area contributed by atoms with Crippen LogP contribution in [0.1, 0.15) is 5.69 Å². The zero-order valence-corrected chi connectivity index (χ0v) is 13.3. The number of nitrogens with one attached hydrogen (secondary N) is 1. The maximum Gasteiger partial charge on any atom is 0.238 e. The molecule has 0 radical (unpaired) electrons. The molecule has 1 saturated heterocycles. The molecule has 1 aliphatic rings. The fraction of sp³-hybridized carbons (Fsp3) is 0.400. The van der Waals surface area contributed by atoms with Crippen molar-refractivity contribution in [3.8, 4) is 0 Å². The molecule has 2 aromatic rings. The predicted octanol–water partition coefficient (Wildman–Crippen LogP) is 1.61. The van der Waals surface area contributed by atoms with Gasteiger partial charge in [0.2, 0.25) is 5.91 Å². The summed E-state index contributed by atoms with van der Waals surface area (Å²) >= 11 is 1.68. The minimum absolute atomic E-state index is 0.00606. The number of carbonyl (C=O) groups is 1. The van der Waals surface area contributed by atoms with Gasteiger partial charge in [-0.1, -0.05) is 0 Å². The summed E-state index contributed by atoms with van der Waals surface area (Å²) in [5.41, 5.74) is 1.81. The number of hydrogen-bond acceptors (Lipinski definition) is 6. The summed E-state index contributed by atoms with van der Waals surface area (Å²) in [5, 5.41) is 6.02. The molecule has 0 saturated carbocycles. The number of carbonyl (C=O) groups excluding carboxylic acids is 1. The van der Waals surface area contributed by atoms with Crippen LogP contribution in [0.5, 0.6) is 0 Å². The first-order chi connectivity index (χ1) is 10.7. The lowest BCUT2D eigenvalue weighted by atomic mass is 10.3. The maximum atomic E-state index is 12.0. The molecule has 3 heterocycles. The summed E-state index contributed by atoms with van der Waals surface area (Å²) in [7, 11) is 0. The molecule has 2 aromatic heterocycles. The third-order valence-electron chi connectivity index (χ3n) is 3.56. The largest absolute Gasteiger partial charge is 0.346 e. The second-order valence-corrected chi connectivity index (χ2v) is 6.16. The van der Waals surface area contributed by atoms with Gasteiger partial charge in [-0.3, -0.25) is 14.7 Å². The van der Waals surface area contributed by atoms with Gasteiger partial charge in [0.1, 0.15) is 0 Å². The first-order valence-electron chi connectivity index (χ1n) is 7.30. The molecule has 0 atom stereocenters. The van der Waals surface area contributed by atoms with Crippen molar-refractivity contribution in [2.24, 2.45) is 0 Å². The van der Waals surface area contributed by atoms with E-state index in [0.717, 1.165) is 42.7 Å². The van der Waals surface area contributed by atoms with Crippen LogP contribution in [0.15, 0.2) is 29.9 Å². The SMILES string of the molecule is Cc1csc(N2CCN(CC(=O)Nc3cccnc3)CC2)n1. The van der Waals surface area contributed by atoms with Crippen molar-refractivity contribution in [2.45, 2.75) is 6.92 Å². The van der Waals surface area contributed by atoms with Crippen LogP contribution in [-0.2, 0) is 4.79 Å². The van der Waals surface area contributed by atoms with E-state index in [4.69, 9.17) is 0 Å². The highest BCUT2D eigenvalue weighted by Crippen LogP contribution is 2.21. The number of amides is 1. The Kier molecular flexibility index (Phi) is 4.65. The van der Waals surface area contributed by atoms with Crippen molar-refractivity contribution in [1.82, 2.24) is 14.9 Å². The van der Waals surface area contributed by atoms with Crippen molar-refractivity contribution < 1.29 is 4.79 Å². The van der Waals surface area contributed by atoms with E-state index in [1.165, 1.54) is 0 Å². The van der Waals surface area contributed by atoms with Crippen molar-refractivity contribution >= 4 is 28.1 Å². The van der Waals surface area contributed by atoms with Gasteiger partial charge in [0.15, 0.2) is 5.13 Å². The molecular formula is C15H19N5OS. The average Bonchev–Trinajstić information content (AvgIpc) is 2.95. The van der Waals surface area contributed by atoms with Gasteiger partial charge < -0.3 is 10.2 Å². The van der Waals surface area contributed by atoms with E-state index in [2.05, 4.69) is 30.5 Å². The van der Waals surface area contributed by atoms with Gasteiger partial charge in [-0.2, -0.15) is 0 Å². The third kappa shape index (κ3) is 3.80. The Balaban J connectivity index is 1.46. The fourth-order valence-electron chi connectivity index (χ4n) is 2.42. The number of hydrogen-bond donors (Lipinski definition) is 1. The fourth-order valence-corrected chi connectivity index (χ4v) is 3.28. The lowest BCUT2D eigenvalue weighted by Crippen LogP contribution is -2.48. The van der Waals surface area contributed by atoms with Gasteiger partial charge in [-0.05, 0) is 19.1 Å². The van der Waals surface area contributed by atoms with Crippen LogP contribution >= 0.6 is 11.3 Å². The molecular weight excluding hydrogens is 298 g/mol. The highest BCUT2D eigenvalue weighted by atomic mass is 32.1. The molecule has 7 heteroatoms. The van der Waals surface area contributed by atoms with Crippen LogP contribution in [0.25, 0.3) is 0 Å². The van der Waals surface area contributed by atoms with Gasteiger partial charge in [0.05, 0.1) is 24.1 Å². The number of aromatic nitrogens is 2. The van der Waals surface area contributed by atoms with Crippen molar-refractivity contribution in [2.75, 3.05) is 42.9 Å². The zero-order chi connectivity index (χ0) is 15.4. The molecule has 116 valence electrons. The molecule has 22 heavy (non-hydrogen) atoms. The highest BCUT2D eigenvalue weighted by Gasteiger charge is 2.20. The first kappa shape index (κ1) is 14.9. The van der Waals surface area contributed by atoms with Crippen LogP contribution < -0.4 is 10.2 Å². The van der Waals surface area contributed by atoms with Gasteiger partial charge in [-0.15, -0.1) is 11.3 Å². The molecule has 0 aliphatic carbocycles. The Morgan fingerprint density at radius 1 is 1.36 bits per heavy atom. The summed E-state index contributed by atoms with van der Waals surface area (Å²) in [4.78, 5) is 25.0. The van der Waals surface area contributed by atoms with Crippen LogP contribution in [-0.4, -0.2) is 53.5 Å². The molecule has 0 spiro atoms. The Morgan fingerprint density at radius 2 is 2.18 bits per heavy atom. The number of piperazine rings is 1. The molecule has 3 rings (SSSR count). The van der Waals surface area contributed by atoms with E-state index in [1.54, 1.807) is 23.7 Å². The summed E-state index contributed by atoms with van der Waals surface area (Å²) in [6, 6.07) is 3.65. The smallest absolute Gasteiger partial charge is 0.238 e. The Labute approximate surface area is 133 Å². The Bertz CT molecular complexity index is 622. The number of rotatable bonds is 4. The topological polar surface area (TPSA) is 61.4 Å². The van der Waals surface area contributed by atoms with E-state index in [1.807, 2.05) is 19.1 Å². The number of aryl methyl sites for hydroxylation is 1. The van der Waals surface area contributed by atoms with Gasteiger partial charge in [0, 0.05) is 37.8 Å². The molecule has 6 nitrogen and oxygen atoms in total. The van der Waals surface area contributed by atoms with Crippen LogP contribution in [0, 0.1) is 6.92 Å². The number of anilines is 2. The molecule has 0 bridgehead atoms. The summed E-state index contributed by atoms with van der Waals surface area (Å²) in [6.45, 7) is 6.00. The van der Waals surface area contributed by atoms with Gasteiger partial charge >= 0.3 is 0 Å². The van der Waals surface area contributed by atoms with Crippen molar-refractivity contribution in [3.05, 3.63) is 35.6 Å². The summed E-state index contributed by atoms with van der Waals surface area (Å²) in [5.74, 6) is 0.00606. The maximum absolute atomic E-state index is 12.0. The zero-order valence-electron chi connectivity index (χ0n) is 12.5. The number of pyridine rings is 1. The van der Waals surface area contributed by atoms with Crippen molar-refractivity contribution in [3.63, 3.8) is 0 Å². The number of nitrogens with zero attached hydrogens (tertiary/aromatic N) is 4. The summed E-state index contributed by atoms with van der Waals surface area (Å²) < 4.78 is 0. The Hall–Kier alpha value is -1.99. The quantitative estimate of drug-likeness (QED) is 0.928. The number of thiazole rings is 1. The van der Waals surface area contributed by atoms with Crippen LogP contribution in [0.2, 0.25) is 0 Å². The monoisotopic (exact) mass is 317 g/mol. The van der Waals surface area contributed by atoms with E-state index < -0.39 is 0 Å². The standard InChI is InChI=1S/C15H19N5OS/c1-12-11-22-15(17-12)20-7-5-19(6-8-20)10-14(21)18-13-3-2-4-16-9-13/h2-4,9,11H,5-8,10H2,1H3,(H,18,21). The average molecular weight is 317 g/mol. The minimum atomic E-state index is 0.00606. The van der Waals surface area contributed by atoms with Gasteiger partial charge in [0.25, 0.3) is 0 Å². The minimum Gasteiger partial charge on any atom is -0.346 e. The molecule has 1 aliphatic heterocycles. The molecule has 0 aromatic carbocycles. The van der Waals surface area contributed by atoms with E-state index >= 15 is 0 Å². The van der Waals surface area contributed by atoms with Gasteiger partial charge in [-0.25, -0.2) is 4.98 Å². The highest BCUT2D eigenvalue weighted by molar-refractivity contribution is 7.13. The van der Waals surface area contributed by atoms with E-state index in [-0.39, 0.29) is 5.91 Å². The molecule has 1 amide bonds. The molecule has 1 fully saturated rings. The molecule has 0 unspecified atom stereocenters. The first-order valence-corrected chi connectivity index (χ1v) is 8.18. The Morgan fingerprint density at radius 3 is 2.82 bits per heavy atom. The summed E-state index contributed by atoms with van der Waals surface area (Å²) in [6.07, 6.45) is 3.34. The normalized spacial score (nSPS) is 15.8.